The molecule has 1 aliphatic carbocycles. The van der Waals surface area contributed by atoms with Crippen molar-refractivity contribution in [1.82, 2.24) is 9.55 Å². The summed E-state index contributed by atoms with van der Waals surface area (Å²) in [4.78, 5) is 17.7. The van der Waals surface area contributed by atoms with Crippen molar-refractivity contribution in [3.63, 3.8) is 0 Å². The SMILES string of the molecule is CCCCn1c(COC(=O)C2(c3ccccc3)CCC2)nc2cc(S(N)(=O)=O)ccc21. The fourth-order valence-corrected chi connectivity index (χ4v) is 4.71. The minimum Gasteiger partial charge on any atom is -0.457 e. The zero-order chi connectivity index (χ0) is 22.1. The average Bonchev–Trinajstić information content (AvgIpc) is 3.06. The van der Waals surface area contributed by atoms with Gasteiger partial charge in [0.05, 0.1) is 21.3 Å². The molecule has 3 aromatic rings. The molecular formula is C23H27N3O4S. The molecule has 2 aromatic carbocycles. The summed E-state index contributed by atoms with van der Waals surface area (Å²) in [5, 5.41) is 5.26. The van der Waals surface area contributed by atoms with Crippen LogP contribution in [-0.2, 0) is 38.1 Å². The summed E-state index contributed by atoms with van der Waals surface area (Å²) >= 11 is 0. The largest absolute Gasteiger partial charge is 0.457 e. The lowest BCUT2D eigenvalue weighted by Crippen LogP contribution is -2.43. The van der Waals surface area contributed by atoms with E-state index in [1.54, 1.807) is 6.07 Å². The third-order valence-electron chi connectivity index (χ3n) is 6.12. The van der Waals surface area contributed by atoms with E-state index in [4.69, 9.17) is 9.88 Å². The van der Waals surface area contributed by atoms with Crippen molar-refractivity contribution < 1.29 is 17.9 Å². The van der Waals surface area contributed by atoms with Gasteiger partial charge in [0.2, 0.25) is 10.0 Å². The molecule has 0 amide bonds. The van der Waals surface area contributed by atoms with Crippen LogP contribution >= 0.6 is 0 Å². The van der Waals surface area contributed by atoms with Crippen LogP contribution < -0.4 is 5.14 Å². The number of carbonyl (C=O) groups excluding carboxylic acids is 1. The molecule has 0 bridgehead atoms. The molecule has 0 saturated heterocycles. The number of sulfonamides is 1. The summed E-state index contributed by atoms with van der Waals surface area (Å²) in [7, 11) is -3.82. The Morgan fingerprint density at radius 2 is 1.94 bits per heavy atom. The van der Waals surface area contributed by atoms with E-state index in [-0.39, 0.29) is 17.5 Å². The number of aryl methyl sites for hydroxylation is 1. The summed E-state index contributed by atoms with van der Waals surface area (Å²) in [6.07, 6.45) is 4.47. The van der Waals surface area contributed by atoms with E-state index < -0.39 is 15.4 Å². The highest BCUT2D eigenvalue weighted by Gasteiger charge is 2.47. The number of unbranched alkanes of at least 4 members (excludes halogenated alkanes) is 1. The van der Waals surface area contributed by atoms with E-state index in [2.05, 4.69) is 11.9 Å². The highest BCUT2D eigenvalue weighted by Crippen LogP contribution is 2.44. The Morgan fingerprint density at radius 1 is 1.19 bits per heavy atom. The number of nitrogens with two attached hydrogens (primary N) is 1. The average molecular weight is 442 g/mol. The number of esters is 1. The summed E-state index contributed by atoms with van der Waals surface area (Å²) in [6, 6.07) is 14.4. The quantitative estimate of drug-likeness (QED) is 0.537. The number of ether oxygens (including phenoxy) is 1. The maximum Gasteiger partial charge on any atom is 0.317 e. The van der Waals surface area contributed by atoms with Crippen LogP contribution in [0.1, 0.15) is 50.4 Å². The number of rotatable bonds is 8. The van der Waals surface area contributed by atoms with E-state index in [0.29, 0.717) is 17.9 Å². The Bertz CT molecular complexity index is 1200. The molecule has 1 aromatic heterocycles. The Kier molecular flexibility index (Phi) is 5.85. The van der Waals surface area contributed by atoms with Gasteiger partial charge in [0.25, 0.3) is 0 Å². The predicted molar refractivity (Wildman–Crippen MR) is 118 cm³/mol. The molecule has 0 spiro atoms. The lowest BCUT2D eigenvalue weighted by atomic mass is 9.64. The molecule has 2 N–H and O–H groups in total. The van der Waals surface area contributed by atoms with Gasteiger partial charge in [-0.2, -0.15) is 0 Å². The highest BCUT2D eigenvalue weighted by molar-refractivity contribution is 7.89. The predicted octanol–water partition coefficient (Wildman–Crippen LogP) is 3.65. The van der Waals surface area contributed by atoms with E-state index >= 15 is 0 Å². The number of nitrogens with zero attached hydrogens (tertiary/aromatic N) is 2. The van der Waals surface area contributed by atoms with Crippen LogP contribution in [0.3, 0.4) is 0 Å². The van der Waals surface area contributed by atoms with Crippen molar-refractivity contribution in [3.8, 4) is 0 Å². The monoisotopic (exact) mass is 441 g/mol. The number of fused-ring (bicyclic) bond motifs is 1. The van der Waals surface area contributed by atoms with E-state index in [1.807, 2.05) is 34.9 Å². The number of hydrogen-bond acceptors (Lipinski definition) is 5. The minimum absolute atomic E-state index is 0.0150. The first-order valence-corrected chi connectivity index (χ1v) is 12.1. The Morgan fingerprint density at radius 3 is 2.55 bits per heavy atom. The van der Waals surface area contributed by atoms with Gasteiger partial charge in [-0.3, -0.25) is 4.79 Å². The lowest BCUT2D eigenvalue weighted by Gasteiger charge is -2.39. The molecule has 1 saturated carbocycles. The molecule has 4 rings (SSSR count). The van der Waals surface area contributed by atoms with Crippen LogP contribution in [0.2, 0.25) is 0 Å². The second-order valence-corrected chi connectivity index (χ2v) is 9.67. The van der Waals surface area contributed by atoms with Crippen molar-refractivity contribution in [2.45, 2.75) is 62.5 Å². The summed E-state index contributed by atoms with van der Waals surface area (Å²) in [5.74, 6) is 0.371. The van der Waals surface area contributed by atoms with E-state index in [0.717, 1.165) is 43.2 Å². The van der Waals surface area contributed by atoms with Gasteiger partial charge in [0.15, 0.2) is 0 Å². The fraction of sp³-hybridized carbons (Fsp3) is 0.391. The molecular weight excluding hydrogens is 414 g/mol. The minimum atomic E-state index is -3.82. The van der Waals surface area contributed by atoms with Gasteiger partial charge in [-0.05, 0) is 43.0 Å². The molecule has 0 radical (unpaired) electrons. The Balaban J connectivity index is 1.62. The first-order valence-electron chi connectivity index (χ1n) is 10.6. The first kappa shape index (κ1) is 21.5. The van der Waals surface area contributed by atoms with Crippen LogP contribution in [-0.4, -0.2) is 23.9 Å². The van der Waals surface area contributed by atoms with Crippen molar-refractivity contribution in [1.29, 1.82) is 0 Å². The normalized spacial score (nSPS) is 15.5. The highest BCUT2D eigenvalue weighted by atomic mass is 32.2. The number of aromatic nitrogens is 2. The van der Waals surface area contributed by atoms with Crippen LogP contribution in [0.4, 0.5) is 0 Å². The standard InChI is InChI=1S/C23H27N3O4S/c1-2-3-14-26-20-11-10-18(31(24,28)29)15-19(20)25-21(26)16-30-22(27)23(12-7-13-23)17-8-5-4-6-9-17/h4-6,8-11,15H,2-3,7,12-14,16H2,1H3,(H2,24,28,29). The third-order valence-corrected chi connectivity index (χ3v) is 7.03. The molecule has 1 heterocycles. The zero-order valence-corrected chi connectivity index (χ0v) is 18.4. The van der Waals surface area contributed by atoms with Gasteiger partial charge < -0.3 is 9.30 Å². The Hall–Kier alpha value is -2.71. The smallest absolute Gasteiger partial charge is 0.317 e. The fourth-order valence-electron chi connectivity index (χ4n) is 4.18. The van der Waals surface area contributed by atoms with Gasteiger partial charge in [0, 0.05) is 6.54 Å². The summed E-state index contributed by atoms with van der Waals surface area (Å²) < 4.78 is 31.2. The number of benzene rings is 2. The Labute approximate surface area is 182 Å². The van der Waals surface area contributed by atoms with Crippen LogP contribution in [0.5, 0.6) is 0 Å². The lowest BCUT2D eigenvalue weighted by molar-refractivity contribution is -0.156. The number of imidazole rings is 1. The van der Waals surface area contributed by atoms with Gasteiger partial charge >= 0.3 is 5.97 Å². The topological polar surface area (TPSA) is 104 Å². The van der Waals surface area contributed by atoms with Crippen molar-refractivity contribution in [2.75, 3.05) is 0 Å². The maximum absolute atomic E-state index is 13.1. The summed E-state index contributed by atoms with van der Waals surface area (Å²) in [6.45, 7) is 2.84. The van der Waals surface area contributed by atoms with Gasteiger partial charge in [-0.25, -0.2) is 18.5 Å². The molecule has 7 nitrogen and oxygen atoms in total. The molecule has 164 valence electrons. The first-order chi connectivity index (χ1) is 14.8. The van der Waals surface area contributed by atoms with Crippen LogP contribution in [0.25, 0.3) is 11.0 Å². The zero-order valence-electron chi connectivity index (χ0n) is 17.6. The second-order valence-electron chi connectivity index (χ2n) is 8.11. The molecule has 0 atom stereocenters. The number of hydrogen-bond donors (Lipinski definition) is 1. The van der Waals surface area contributed by atoms with Crippen molar-refractivity contribution in [3.05, 3.63) is 59.9 Å². The van der Waals surface area contributed by atoms with Crippen LogP contribution in [0.15, 0.2) is 53.4 Å². The third kappa shape index (κ3) is 4.09. The van der Waals surface area contributed by atoms with Crippen LogP contribution in [0, 0.1) is 0 Å². The van der Waals surface area contributed by atoms with Crippen molar-refractivity contribution in [2.24, 2.45) is 5.14 Å². The number of carbonyl (C=O) groups is 1. The second kappa shape index (κ2) is 8.43. The number of primary sulfonamides is 1. The van der Waals surface area contributed by atoms with Gasteiger partial charge in [-0.15, -0.1) is 0 Å². The van der Waals surface area contributed by atoms with E-state index in [1.165, 1.54) is 12.1 Å². The maximum atomic E-state index is 13.1. The molecule has 0 unspecified atom stereocenters. The summed E-state index contributed by atoms with van der Waals surface area (Å²) in [5.41, 5.74) is 1.73. The molecule has 0 aliphatic heterocycles. The van der Waals surface area contributed by atoms with E-state index in [9.17, 15) is 13.2 Å². The molecule has 8 heteroatoms. The van der Waals surface area contributed by atoms with Gasteiger partial charge in [-0.1, -0.05) is 50.1 Å². The van der Waals surface area contributed by atoms with Crippen molar-refractivity contribution >= 4 is 27.0 Å². The molecule has 1 aliphatic rings. The van der Waals surface area contributed by atoms with Gasteiger partial charge in [0.1, 0.15) is 12.4 Å². The molecule has 31 heavy (non-hydrogen) atoms. The molecule has 1 fully saturated rings.